The normalized spacial score (nSPS) is 14.7. The number of carbonyl (C=O) groups excluding carboxylic acids is 1. The molecule has 1 heterocycles. The Balaban J connectivity index is 2.13. The minimum absolute atomic E-state index is 0.00757. The van der Waals surface area contributed by atoms with E-state index in [1.807, 2.05) is 0 Å². The van der Waals surface area contributed by atoms with E-state index < -0.39 is 15.7 Å². The number of aliphatic imine (C=N–C) groups is 1. The van der Waals surface area contributed by atoms with E-state index in [1.54, 1.807) is 36.4 Å². The van der Waals surface area contributed by atoms with Gasteiger partial charge in [0, 0.05) is 29.0 Å². The van der Waals surface area contributed by atoms with Crippen molar-refractivity contribution >= 4 is 38.7 Å². The van der Waals surface area contributed by atoms with E-state index in [0.29, 0.717) is 22.0 Å². The highest BCUT2D eigenvalue weighted by atomic mass is 35.5. The summed E-state index contributed by atoms with van der Waals surface area (Å²) < 4.78 is 37.4. The molecule has 1 aliphatic rings. The van der Waals surface area contributed by atoms with Gasteiger partial charge in [0.05, 0.1) is 17.2 Å². The molecule has 1 amide bonds. The van der Waals surface area contributed by atoms with Gasteiger partial charge >= 0.3 is 0 Å². The Morgan fingerprint density at radius 3 is 2.62 bits per heavy atom. The number of sulfone groups is 1. The van der Waals surface area contributed by atoms with Gasteiger partial charge in [-0.05, 0) is 30.3 Å². The second-order valence-corrected chi connectivity index (χ2v) is 8.68. The van der Waals surface area contributed by atoms with Gasteiger partial charge in [0.15, 0.2) is 0 Å². The molecule has 0 atom stereocenters. The molecule has 0 radical (unpaired) electrons. The van der Waals surface area contributed by atoms with Crippen LogP contribution in [0.25, 0.3) is 0 Å². The summed E-state index contributed by atoms with van der Waals surface area (Å²) in [5, 5.41) is 0.408. The Morgan fingerprint density at radius 1 is 1.19 bits per heavy atom. The fraction of sp³-hybridized carbons (Fsp3) is 0.222. The lowest BCUT2D eigenvalue weighted by atomic mass is 9.99. The number of benzodiazepines with no additional fused rings is 1. The van der Waals surface area contributed by atoms with Crippen molar-refractivity contribution in [3.05, 3.63) is 64.4 Å². The van der Waals surface area contributed by atoms with Crippen LogP contribution in [-0.4, -0.2) is 45.1 Å². The molecule has 0 fully saturated rings. The van der Waals surface area contributed by atoms with Gasteiger partial charge in [-0.15, -0.1) is 0 Å². The molecule has 26 heavy (non-hydrogen) atoms. The van der Waals surface area contributed by atoms with Crippen LogP contribution in [0.5, 0.6) is 0 Å². The van der Waals surface area contributed by atoms with Crippen LogP contribution in [0.3, 0.4) is 0 Å². The molecule has 1 aliphatic heterocycles. The number of benzene rings is 2. The summed E-state index contributed by atoms with van der Waals surface area (Å²) in [6, 6.07) is 11.0. The van der Waals surface area contributed by atoms with Gasteiger partial charge in [-0.3, -0.25) is 9.79 Å². The number of rotatable bonds is 4. The third-order valence-corrected chi connectivity index (χ3v) is 5.15. The van der Waals surface area contributed by atoms with Gasteiger partial charge < -0.3 is 4.90 Å². The van der Waals surface area contributed by atoms with Gasteiger partial charge in [0.1, 0.15) is 22.2 Å². The molecule has 0 unspecified atom stereocenters. The Morgan fingerprint density at radius 2 is 1.92 bits per heavy atom. The third kappa shape index (κ3) is 3.94. The quantitative estimate of drug-likeness (QED) is 0.800. The number of nitrogens with zero attached hydrogens (tertiary/aromatic N) is 2. The minimum atomic E-state index is -3.26. The smallest absolute Gasteiger partial charge is 0.248 e. The predicted molar refractivity (Wildman–Crippen MR) is 100 cm³/mol. The average Bonchev–Trinajstić information content (AvgIpc) is 2.69. The second-order valence-electron chi connectivity index (χ2n) is 5.98. The average molecular weight is 395 g/mol. The maximum atomic E-state index is 14.3. The maximum Gasteiger partial charge on any atom is 0.248 e. The Hall–Kier alpha value is -2.25. The van der Waals surface area contributed by atoms with E-state index in [9.17, 15) is 17.6 Å². The molecule has 2 aromatic rings. The van der Waals surface area contributed by atoms with Gasteiger partial charge in [-0.2, -0.15) is 0 Å². The van der Waals surface area contributed by atoms with Crippen molar-refractivity contribution in [2.75, 3.05) is 30.0 Å². The fourth-order valence-corrected chi connectivity index (χ4v) is 3.46. The fourth-order valence-electron chi connectivity index (χ4n) is 2.77. The van der Waals surface area contributed by atoms with Crippen molar-refractivity contribution in [3.63, 3.8) is 0 Å². The first kappa shape index (κ1) is 18.5. The van der Waals surface area contributed by atoms with E-state index in [1.165, 1.54) is 11.0 Å². The molecule has 0 bridgehead atoms. The van der Waals surface area contributed by atoms with Crippen molar-refractivity contribution in [3.8, 4) is 0 Å². The van der Waals surface area contributed by atoms with Gasteiger partial charge in [0.2, 0.25) is 5.91 Å². The summed E-state index contributed by atoms with van der Waals surface area (Å²) in [5.74, 6) is -1.01. The lowest BCUT2D eigenvalue weighted by molar-refractivity contribution is -0.117. The first-order valence-corrected chi connectivity index (χ1v) is 10.3. The van der Waals surface area contributed by atoms with Crippen molar-refractivity contribution < 1.29 is 17.6 Å². The number of anilines is 1. The summed E-state index contributed by atoms with van der Waals surface area (Å²) in [5.41, 5.74) is 1.52. The number of carbonyl (C=O) groups is 1. The molecule has 2 aromatic carbocycles. The highest BCUT2D eigenvalue weighted by molar-refractivity contribution is 7.90. The Kier molecular flexibility index (Phi) is 5.11. The van der Waals surface area contributed by atoms with Crippen molar-refractivity contribution in [2.24, 2.45) is 4.99 Å². The van der Waals surface area contributed by atoms with Crippen LogP contribution in [0, 0.1) is 5.82 Å². The summed E-state index contributed by atoms with van der Waals surface area (Å²) in [6.07, 6.45) is 1.11. The number of halogens is 2. The monoisotopic (exact) mass is 394 g/mol. The predicted octanol–water partition coefficient (Wildman–Crippen LogP) is 2.71. The summed E-state index contributed by atoms with van der Waals surface area (Å²) in [7, 11) is -3.26. The highest BCUT2D eigenvalue weighted by Gasteiger charge is 2.27. The van der Waals surface area contributed by atoms with Gasteiger partial charge in [-0.25, -0.2) is 12.8 Å². The van der Waals surface area contributed by atoms with Gasteiger partial charge in [-0.1, -0.05) is 23.7 Å². The number of amides is 1. The van der Waals surface area contributed by atoms with E-state index >= 15 is 0 Å². The molecular formula is C18H16ClFN2O3S. The summed E-state index contributed by atoms with van der Waals surface area (Å²) in [4.78, 5) is 18.2. The molecular weight excluding hydrogens is 379 g/mol. The molecule has 8 heteroatoms. The number of fused-ring (bicyclic) bond motifs is 1. The second kappa shape index (κ2) is 7.17. The molecule has 0 aromatic heterocycles. The first-order chi connectivity index (χ1) is 12.3. The molecule has 5 nitrogen and oxygen atoms in total. The van der Waals surface area contributed by atoms with Crippen LogP contribution in [0.1, 0.15) is 11.1 Å². The molecule has 0 saturated carbocycles. The summed E-state index contributed by atoms with van der Waals surface area (Å²) >= 11 is 6.11. The lowest BCUT2D eigenvalue weighted by Gasteiger charge is -2.23. The van der Waals surface area contributed by atoms with E-state index in [-0.39, 0.29) is 30.3 Å². The van der Waals surface area contributed by atoms with E-state index in [2.05, 4.69) is 4.99 Å². The van der Waals surface area contributed by atoms with Crippen LogP contribution in [0.2, 0.25) is 5.02 Å². The standard InChI is InChI=1S/C18H16ClFN2O3S/c1-26(24,25)9-8-22-16-7-6-12(19)10-14(16)18(21-11-17(22)23)13-4-2-3-5-15(13)20/h2-7,10H,8-9,11H2,1H3. The van der Waals surface area contributed by atoms with Crippen LogP contribution in [-0.2, 0) is 14.6 Å². The van der Waals surface area contributed by atoms with Crippen LogP contribution >= 0.6 is 11.6 Å². The van der Waals surface area contributed by atoms with Crippen molar-refractivity contribution in [1.29, 1.82) is 0 Å². The van der Waals surface area contributed by atoms with Crippen molar-refractivity contribution in [2.45, 2.75) is 0 Å². The third-order valence-electron chi connectivity index (χ3n) is 3.99. The lowest BCUT2D eigenvalue weighted by Crippen LogP contribution is -2.36. The van der Waals surface area contributed by atoms with Crippen LogP contribution in [0.4, 0.5) is 10.1 Å². The van der Waals surface area contributed by atoms with Crippen LogP contribution in [0.15, 0.2) is 47.5 Å². The SMILES string of the molecule is CS(=O)(=O)CCN1C(=O)CN=C(c2ccccc2F)c2cc(Cl)ccc21. The molecule has 0 spiro atoms. The first-order valence-electron chi connectivity index (χ1n) is 7.83. The highest BCUT2D eigenvalue weighted by Crippen LogP contribution is 2.30. The molecule has 0 N–H and O–H groups in total. The number of hydrogen-bond acceptors (Lipinski definition) is 4. The zero-order valence-corrected chi connectivity index (χ0v) is 15.5. The van der Waals surface area contributed by atoms with E-state index in [4.69, 9.17) is 11.6 Å². The maximum absolute atomic E-state index is 14.3. The van der Waals surface area contributed by atoms with E-state index in [0.717, 1.165) is 6.26 Å². The Bertz CT molecular complexity index is 1010. The van der Waals surface area contributed by atoms with Crippen molar-refractivity contribution in [1.82, 2.24) is 0 Å². The molecule has 136 valence electrons. The zero-order chi connectivity index (χ0) is 18.9. The molecule has 0 saturated heterocycles. The van der Waals surface area contributed by atoms with Crippen LogP contribution < -0.4 is 4.90 Å². The van der Waals surface area contributed by atoms with Gasteiger partial charge in [0.25, 0.3) is 0 Å². The summed E-state index contributed by atoms with van der Waals surface area (Å²) in [6.45, 7) is -0.216. The molecule has 0 aliphatic carbocycles. The Labute approximate surface area is 156 Å². The topological polar surface area (TPSA) is 66.8 Å². The number of hydrogen-bond donors (Lipinski definition) is 0. The zero-order valence-electron chi connectivity index (χ0n) is 13.9. The largest absolute Gasteiger partial charge is 0.309 e. The minimum Gasteiger partial charge on any atom is -0.309 e. The molecule has 3 rings (SSSR count).